The van der Waals surface area contributed by atoms with Crippen LogP contribution in [0.15, 0.2) is 48.5 Å². The molecule has 0 fully saturated rings. The number of hydrogen-bond donors (Lipinski definition) is 1. The summed E-state index contributed by atoms with van der Waals surface area (Å²) < 4.78 is 27.1. The quantitative estimate of drug-likeness (QED) is 0.869. The molecule has 1 atom stereocenters. The Morgan fingerprint density at radius 1 is 1.06 bits per heavy atom. The predicted octanol–water partition coefficient (Wildman–Crippen LogP) is 3.66. The lowest BCUT2D eigenvalue weighted by Gasteiger charge is -2.19. The zero-order valence-corrected chi connectivity index (χ0v) is 10.2. The van der Waals surface area contributed by atoms with Gasteiger partial charge in [0, 0.05) is 5.56 Å². The van der Waals surface area contributed by atoms with Crippen molar-refractivity contribution in [2.45, 2.75) is 13.0 Å². The molecule has 0 heterocycles. The zero-order chi connectivity index (χ0) is 13.0. The van der Waals surface area contributed by atoms with E-state index in [1.807, 2.05) is 37.3 Å². The molecule has 0 aliphatic carbocycles. The fourth-order valence-electron chi connectivity index (χ4n) is 1.99. The summed E-state index contributed by atoms with van der Waals surface area (Å²) in [6, 6.07) is 12.7. The second kappa shape index (κ2) is 5.74. The molecule has 0 saturated heterocycles. The van der Waals surface area contributed by atoms with E-state index in [1.54, 1.807) is 0 Å². The van der Waals surface area contributed by atoms with E-state index in [-0.39, 0.29) is 6.04 Å². The van der Waals surface area contributed by atoms with E-state index in [1.165, 1.54) is 6.07 Å². The second-order valence-corrected chi connectivity index (χ2v) is 4.07. The average molecular weight is 247 g/mol. The topological polar surface area (TPSA) is 12.0 Å². The van der Waals surface area contributed by atoms with Crippen molar-refractivity contribution in [1.82, 2.24) is 5.32 Å². The summed E-state index contributed by atoms with van der Waals surface area (Å²) in [5.41, 5.74) is 1.26. The molecule has 2 rings (SSSR count). The van der Waals surface area contributed by atoms with Crippen molar-refractivity contribution in [2.75, 3.05) is 6.54 Å². The third kappa shape index (κ3) is 2.74. The number of nitrogens with one attached hydrogen (secondary N) is 1. The van der Waals surface area contributed by atoms with Crippen molar-refractivity contribution in [2.24, 2.45) is 0 Å². The average Bonchev–Trinajstić information content (AvgIpc) is 2.40. The second-order valence-electron chi connectivity index (χ2n) is 4.07. The van der Waals surface area contributed by atoms with E-state index >= 15 is 0 Å². The maximum absolute atomic E-state index is 13.8. The van der Waals surface area contributed by atoms with Crippen molar-refractivity contribution in [3.63, 3.8) is 0 Å². The van der Waals surface area contributed by atoms with Gasteiger partial charge in [-0.1, -0.05) is 37.3 Å². The van der Waals surface area contributed by atoms with Crippen molar-refractivity contribution in [3.8, 4) is 0 Å². The minimum absolute atomic E-state index is 0.327. The molecule has 1 unspecified atom stereocenters. The molecular formula is C15H15F2N. The molecule has 0 amide bonds. The first-order chi connectivity index (χ1) is 8.72. The fourth-order valence-corrected chi connectivity index (χ4v) is 1.99. The van der Waals surface area contributed by atoms with Crippen molar-refractivity contribution < 1.29 is 8.78 Å². The highest BCUT2D eigenvalue weighted by Gasteiger charge is 2.17. The van der Waals surface area contributed by atoms with Crippen LogP contribution in [0, 0.1) is 11.6 Å². The van der Waals surface area contributed by atoms with Gasteiger partial charge in [0.15, 0.2) is 0 Å². The van der Waals surface area contributed by atoms with Gasteiger partial charge in [-0.3, -0.25) is 0 Å². The number of rotatable bonds is 4. The van der Waals surface area contributed by atoms with Crippen LogP contribution in [0.4, 0.5) is 8.78 Å². The van der Waals surface area contributed by atoms with E-state index in [2.05, 4.69) is 5.32 Å². The van der Waals surface area contributed by atoms with E-state index < -0.39 is 11.6 Å². The third-order valence-electron chi connectivity index (χ3n) is 2.81. The molecule has 0 spiro atoms. The van der Waals surface area contributed by atoms with Gasteiger partial charge >= 0.3 is 0 Å². The van der Waals surface area contributed by atoms with Gasteiger partial charge in [0.25, 0.3) is 0 Å². The van der Waals surface area contributed by atoms with Crippen LogP contribution in [0.2, 0.25) is 0 Å². The number of benzene rings is 2. The highest BCUT2D eigenvalue weighted by molar-refractivity contribution is 5.33. The Morgan fingerprint density at radius 3 is 2.44 bits per heavy atom. The van der Waals surface area contributed by atoms with Crippen LogP contribution in [0.5, 0.6) is 0 Å². The summed E-state index contributed by atoms with van der Waals surface area (Å²) >= 11 is 0. The van der Waals surface area contributed by atoms with Gasteiger partial charge in [-0.25, -0.2) is 8.78 Å². The van der Waals surface area contributed by atoms with Crippen LogP contribution in [-0.2, 0) is 0 Å². The van der Waals surface area contributed by atoms with Gasteiger partial charge in [-0.2, -0.15) is 0 Å². The van der Waals surface area contributed by atoms with Gasteiger partial charge in [0.2, 0.25) is 0 Å². The summed E-state index contributed by atoms with van der Waals surface area (Å²) in [4.78, 5) is 0. The summed E-state index contributed by atoms with van der Waals surface area (Å²) in [5, 5.41) is 3.18. The molecule has 2 aromatic carbocycles. The van der Waals surface area contributed by atoms with E-state index in [4.69, 9.17) is 0 Å². The molecule has 0 aliphatic heterocycles. The highest BCUT2D eigenvalue weighted by Crippen LogP contribution is 2.24. The van der Waals surface area contributed by atoms with Crippen LogP contribution < -0.4 is 5.32 Å². The molecule has 0 aliphatic rings. The smallest absolute Gasteiger partial charge is 0.128 e. The number of hydrogen-bond acceptors (Lipinski definition) is 1. The van der Waals surface area contributed by atoms with E-state index in [9.17, 15) is 8.78 Å². The van der Waals surface area contributed by atoms with Gasteiger partial charge in [-0.15, -0.1) is 0 Å². The molecular weight excluding hydrogens is 232 g/mol. The Hall–Kier alpha value is -1.74. The van der Waals surface area contributed by atoms with Crippen LogP contribution >= 0.6 is 0 Å². The maximum atomic E-state index is 13.8. The lowest BCUT2D eigenvalue weighted by atomic mass is 9.98. The summed E-state index contributed by atoms with van der Waals surface area (Å²) in [5.74, 6) is -0.823. The van der Waals surface area contributed by atoms with Crippen LogP contribution in [0.25, 0.3) is 0 Å². The predicted molar refractivity (Wildman–Crippen MR) is 68.3 cm³/mol. The molecule has 0 radical (unpaired) electrons. The Balaban J connectivity index is 2.44. The number of halogens is 2. The third-order valence-corrected chi connectivity index (χ3v) is 2.81. The first kappa shape index (κ1) is 12.7. The molecule has 0 bridgehead atoms. The molecule has 18 heavy (non-hydrogen) atoms. The standard InChI is InChI=1S/C15H15F2N/c1-2-18-15(11-6-4-3-5-7-11)13-10-12(16)8-9-14(13)17/h3-10,15,18H,2H2,1H3. The summed E-state index contributed by atoms with van der Waals surface area (Å²) in [7, 11) is 0. The van der Waals surface area contributed by atoms with Gasteiger partial charge in [0.05, 0.1) is 6.04 Å². The molecule has 0 aromatic heterocycles. The monoisotopic (exact) mass is 247 g/mol. The van der Waals surface area contributed by atoms with Crippen molar-refractivity contribution in [3.05, 3.63) is 71.3 Å². The maximum Gasteiger partial charge on any atom is 0.128 e. The minimum Gasteiger partial charge on any atom is -0.306 e. The molecule has 3 heteroatoms. The van der Waals surface area contributed by atoms with E-state index in [0.717, 1.165) is 17.7 Å². The SMILES string of the molecule is CCNC(c1ccccc1)c1cc(F)ccc1F. The van der Waals surface area contributed by atoms with Gasteiger partial charge in [-0.05, 0) is 30.3 Å². The summed E-state index contributed by atoms with van der Waals surface area (Å²) in [6.07, 6.45) is 0. The van der Waals surface area contributed by atoms with Crippen LogP contribution in [0.3, 0.4) is 0 Å². The van der Waals surface area contributed by atoms with Crippen molar-refractivity contribution >= 4 is 0 Å². The lowest BCUT2D eigenvalue weighted by molar-refractivity contribution is 0.545. The van der Waals surface area contributed by atoms with Crippen LogP contribution in [0.1, 0.15) is 24.1 Å². The molecule has 2 aromatic rings. The summed E-state index contributed by atoms with van der Waals surface area (Å²) in [6.45, 7) is 2.61. The minimum atomic E-state index is -0.426. The Bertz CT molecular complexity index is 511. The zero-order valence-electron chi connectivity index (χ0n) is 10.2. The van der Waals surface area contributed by atoms with Gasteiger partial charge in [0.1, 0.15) is 11.6 Å². The Labute approximate surface area is 105 Å². The fraction of sp³-hybridized carbons (Fsp3) is 0.200. The normalized spacial score (nSPS) is 12.4. The largest absolute Gasteiger partial charge is 0.306 e. The lowest BCUT2D eigenvalue weighted by Crippen LogP contribution is -2.23. The Kier molecular flexibility index (Phi) is 4.05. The molecule has 1 N–H and O–H groups in total. The molecule has 1 nitrogen and oxygen atoms in total. The van der Waals surface area contributed by atoms with Crippen LogP contribution in [-0.4, -0.2) is 6.54 Å². The highest BCUT2D eigenvalue weighted by atomic mass is 19.1. The van der Waals surface area contributed by atoms with E-state index in [0.29, 0.717) is 12.1 Å². The molecule has 94 valence electrons. The van der Waals surface area contributed by atoms with Gasteiger partial charge < -0.3 is 5.32 Å². The van der Waals surface area contributed by atoms with Crippen molar-refractivity contribution in [1.29, 1.82) is 0 Å². The first-order valence-electron chi connectivity index (χ1n) is 5.95. The first-order valence-corrected chi connectivity index (χ1v) is 5.95. The molecule has 0 saturated carbocycles. The Morgan fingerprint density at radius 2 is 1.78 bits per heavy atom.